The summed E-state index contributed by atoms with van der Waals surface area (Å²) in [4.78, 5) is 0. The SMILES string of the molecule is O=S(=O)(O)C(F)(F)C(F)(F)C(F)(F)C(F)(F)C(F)(F)C(F)(F)C(F)(F)C(F)(F)C(F)(F)F.[H-].[Na+]. The standard InChI is InChI=1S/C9HF19O3S.Na.H/c10-1(11,2(12,13)4(16,17)6(20,21)8(24,25)26)3(14,15)5(18,19)7(22,23)9(27,28)32(29,30)31;;/h(H,29,30,31);;/q;+1;-1. The normalized spacial score (nSPS) is 16.5. The second-order valence-electron chi connectivity index (χ2n) is 5.51. The maximum Gasteiger partial charge on any atom is 1.00 e. The van der Waals surface area contributed by atoms with Crippen molar-refractivity contribution in [2.24, 2.45) is 0 Å². The van der Waals surface area contributed by atoms with Crippen molar-refractivity contribution in [3.05, 3.63) is 0 Å². The Balaban J connectivity index is -0.00000480. The van der Waals surface area contributed by atoms with Crippen LogP contribution in [0.3, 0.4) is 0 Å². The van der Waals surface area contributed by atoms with Crippen LogP contribution in [0.5, 0.6) is 0 Å². The summed E-state index contributed by atoms with van der Waals surface area (Å²) in [5, 5.41) is -7.96. The van der Waals surface area contributed by atoms with E-state index in [0.717, 1.165) is 0 Å². The Bertz CT molecular complexity index is 834. The molecule has 0 aromatic heterocycles. The maximum atomic E-state index is 13.2. The minimum absolute atomic E-state index is 0. The molecule has 1 N–H and O–H groups in total. The molecule has 0 heterocycles. The summed E-state index contributed by atoms with van der Waals surface area (Å²) in [6.07, 6.45) is -7.99. The predicted octanol–water partition coefficient (Wildman–Crippen LogP) is 2.59. The minimum Gasteiger partial charge on any atom is -1.00 e. The van der Waals surface area contributed by atoms with Crippen molar-refractivity contribution in [1.82, 2.24) is 0 Å². The molecule has 0 aliphatic heterocycles. The van der Waals surface area contributed by atoms with Crippen LogP contribution in [0, 0.1) is 0 Å². The molecular weight excluding hydrogens is 572 g/mol. The zero-order chi connectivity index (χ0) is 27.0. The van der Waals surface area contributed by atoms with Crippen molar-refractivity contribution in [1.29, 1.82) is 0 Å². The van der Waals surface area contributed by atoms with E-state index in [4.69, 9.17) is 4.55 Å². The molecule has 33 heavy (non-hydrogen) atoms. The van der Waals surface area contributed by atoms with Crippen molar-refractivity contribution in [3.8, 4) is 0 Å². The summed E-state index contributed by atoms with van der Waals surface area (Å²) in [6, 6.07) is 0. The molecule has 0 unspecified atom stereocenters. The molecular formula is C9H2F19NaO3S. The largest absolute Gasteiger partial charge is 1.00 e. The first-order valence-corrected chi connectivity index (χ1v) is 7.75. The Morgan fingerprint density at radius 3 is 0.788 bits per heavy atom. The summed E-state index contributed by atoms with van der Waals surface area (Å²) < 4.78 is 270. The third-order valence-electron chi connectivity index (χ3n) is 3.41. The Kier molecular flexibility index (Phi) is 8.76. The molecule has 0 aliphatic rings. The molecule has 3 nitrogen and oxygen atoms in total. The van der Waals surface area contributed by atoms with Gasteiger partial charge in [0.15, 0.2) is 0 Å². The predicted molar refractivity (Wildman–Crippen MR) is 58.3 cm³/mol. The number of halogens is 19. The second-order valence-corrected chi connectivity index (χ2v) is 6.97. The fourth-order valence-corrected chi connectivity index (χ4v) is 1.96. The number of hydrogen-bond donors (Lipinski definition) is 1. The summed E-state index contributed by atoms with van der Waals surface area (Å²) >= 11 is 0. The van der Waals surface area contributed by atoms with Gasteiger partial charge in [-0.2, -0.15) is 91.8 Å². The van der Waals surface area contributed by atoms with Gasteiger partial charge in [-0.15, -0.1) is 0 Å². The van der Waals surface area contributed by atoms with Crippen LogP contribution in [-0.4, -0.2) is 65.9 Å². The Labute approximate surface area is 190 Å². The van der Waals surface area contributed by atoms with Crippen LogP contribution in [0.4, 0.5) is 83.4 Å². The molecule has 0 bridgehead atoms. The zero-order valence-electron chi connectivity index (χ0n) is 15.4. The van der Waals surface area contributed by atoms with Gasteiger partial charge in [0.05, 0.1) is 0 Å². The van der Waals surface area contributed by atoms with Gasteiger partial charge in [0.25, 0.3) is 0 Å². The average molecular weight is 574 g/mol. The molecule has 0 spiro atoms. The molecule has 24 heteroatoms. The van der Waals surface area contributed by atoms with E-state index in [1.807, 2.05) is 0 Å². The van der Waals surface area contributed by atoms with E-state index in [0.29, 0.717) is 0 Å². The van der Waals surface area contributed by atoms with Crippen LogP contribution in [0.2, 0.25) is 0 Å². The molecule has 0 saturated carbocycles. The monoisotopic (exact) mass is 574 g/mol. The van der Waals surface area contributed by atoms with E-state index in [9.17, 15) is 91.8 Å². The molecule has 0 aromatic carbocycles. The fraction of sp³-hybridized carbons (Fsp3) is 1.00. The smallest absolute Gasteiger partial charge is 1.00 e. The first-order chi connectivity index (χ1) is 13.2. The summed E-state index contributed by atoms with van der Waals surface area (Å²) in [5.41, 5.74) is 0. The average Bonchev–Trinajstić information content (AvgIpc) is 2.51. The van der Waals surface area contributed by atoms with Gasteiger partial charge in [0, 0.05) is 0 Å². The van der Waals surface area contributed by atoms with Crippen LogP contribution in [-0.2, 0) is 10.1 Å². The Hall–Kier alpha value is -0.420. The summed E-state index contributed by atoms with van der Waals surface area (Å²) in [7, 11) is -8.00. The second kappa shape index (κ2) is 8.32. The Morgan fingerprint density at radius 1 is 0.424 bits per heavy atom. The minimum atomic E-state index is -9.15. The molecule has 0 aliphatic carbocycles. The van der Waals surface area contributed by atoms with Crippen LogP contribution in [0.1, 0.15) is 1.43 Å². The van der Waals surface area contributed by atoms with Crippen LogP contribution in [0.15, 0.2) is 0 Å². The molecule has 0 fully saturated rings. The van der Waals surface area contributed by atoms with E-state index in [1.54, 1.807) is 0 Å². The summed E-state index contributed by atoms with van der Waals surface area (Å²) in [5.74, 6) is -62.2. The van der Waals surface area contributed by atoms with E-state index in [-0.39, 0.29) is 31.0 Å². The quantitative estimate of drug-likeness (QED) is 0.276. The fourth-order valence-electron chi connectivity index (χ4n) is 1.51. The first kappa shape index (κ1) is 34.7. The van der Waals surface area contributed by atoms with Crippen molar-refractivity contribution in [3.63, 3.8) is 0 Å². The molecule has 196 valence electrons. The molecule has 0 atom stereocenters. The molecule has 0 amide bonds. The molecule has 0 aromatic rings. The van der Waals surface area contributed by atoms with Crippen LogP contribution < -0.4 is 29.6 Å². The number of alkyl halides is 19. The molecule has 0 radical (unpaired) electrons. The van der Waals surface area contributed by atoms with Gasteiger partial charge in [-0.3, -0.25) is 4.55 Å². The van der Waals surface area contributed by atoms with Gasteiger partial charge in [-0.05, 0) is 0 Å². The third-order valence-corrected chi connectivity index (χ3v) is 4.32. The van der Waals surface area contributed by atoms with Gasteiger partial charge in [-0.25, -0.2) is 0 Å². The van der Waals surface area contributed by atoms with Crippen LogP contribution >= 0.6 is 0 Å². The van der Waals surface area contributed by atoms with Crippen molar-refractivity contribution in [2.45, 2.75) is 52.9 Å². The number of rotatable bonds is 8. The van der Waals surface area contributed by atoms with Crippen molar-refractivity contribution >= 4 is 10.1 Å². The van der Waals surface area contributed by atoms with Gasteiger partial charge in [0.2, 0.25) is 0 Å². The number of hydrogen-bond acceptors (Lipinski definition) is 2. The zero-order valence-corrected chi connectivity index (χ0v) is 17.2. The summed E-state index contributed by atoms with van der Waals surface area (Å²) in [6.45, 7) is 0. The van der Waals surface area contributed by atoms with E-state index >= 15 is 0 Å². The van der Waals surface area contributed by atoms with Gasteiger partial charge in [-0.1, -0.05) is 0 Å². The van der Waals surface area contributed by atoms with Crippen molar-refractivity contribution in [2.75, 3.05) is 0 Å². The molecule has 0 saturated heterocycles. The van der Waals surface area contributed by atoms with Crippen molar-refractivity contribution < 1.29 is 127 Å². The van der Waals surface area contributed by atoms with Gasteiger partial charge < -0.3 is 1.43 Å². The maximum absolute atomic E-state index is 13.2. The third kappa shape index (κ3) is 4.26. The van der Waals surface area contributed by atoms with Gasteiger partial charge >= 0.3 is 92.6 Å². The van der Waals surface area contributed by atoms with Gasteiger partial charge in [0.1, 0.15) is 0 Å². The first-order valence-electron chi connectivity index (χ1n) is 6.31. The van der Waals surface area contributed by atoms with E-state index in [1.165, 1.54) is 0 Å². The van der Waals surface area contributed by atoms with Crippen LogP contribution in [0.25, 0.3) is 0 Å². The Morgan fingerprint density at radius 2 is 0.606 bits per heavy atom. The van der Waals surface area contributed by atoms with E-state index in [2.05, 4.69) is 0 Å². The molecule has 0 rings (SSSR count). The van der Waals surface area contributed by atoms with E-state index < -0.39 is 63.0 Å². The topological polar surface area (TPSA) is 54.4 Å².